The number of phenolic OH excluding ortho intramolecular Hbond substituents is 1. The molecule has 3 aromatic carbocycles. The quantitative estimate of drug-likeness (QED) is 0.292. The van der Waals surface area contributed by atoms with E-state index in [1.54, 1.807) is 67.9 Å². The molecule has 3 rings (SSSR count). The van der Waals surface area contributed by atoms with Crippen molar-refractivity contribution in [2.24, 2.45) is 4.99 Å². The number of phenols is 1. The maximum absolute atomic E-state index is 12.0. The highest BCUT2D eigenvalue weighted by Gasteiger charge is 2.01. The van der Waals surface area contributed by atoms with E-state index in [1.165, 1.54) is 6.08 Å². The Balaban J connectivity index is 1.56. The van der Waals surface area contributed by atoms with Crippen molar-refractivity contribution >= 4 is 23.9 Å². The van der Waals surface area contributed by atoms with Gasteiger partial charge in [0.05, 0.1) is 12.8 Å². The van der Waals surface area contributed by atoms with Gasteiger partial charge >= 0.3 is 5.97 Å². The third-order valence-corrected chi connectivity index (χ3v) is 3.84. The second-order valence-electron chi connectivity index (χ2n) is 5.87. The van der Waals surface area contributed by atoms with Gasteiger partial charge in [-0.1, -0.05) is 12.1 Å². The van der Waals surface area contributed by atoms with Crippen LogP contribution in [0.15, 0.2) is 83.9 Å². The summed E-state index contributed by atoms with van der Waals surface area (Å²) in [6, 6.07) is 21.0. The molecule has 28 heavy (non-hydrogen) atoms. The van der Waals surface area contributed by atoms with Crippen LogP contribution in [0.25, 0.3) is 6.08 Å². The molecule has 0 spiro atoms. The molecule has 0 heterocycles. The summed E-state index contributed by atoms with van der Waals surface area (Å²) >= 11 is 0. The van der Waals surface area contributed by atoms with E-state index in [2.05, 4.69) is 4.99 Å². The molecule has 0 saturated carbocycles. The molecule has 0 saturated heterocycles. The van der Waals surface area contributed by atoms with Crippen molar-refractivity contribution < 1.29 is 19.4 Å². The molecule has 0 aliphatic carbocycles. The van der Waals surface area contributed by atoms with E-state index in [0.29, 0.717) is 5.75 Å². The van der Waals surface area contributed by atoms with E-state index < -0.39 is 5.97 Å². The highest BCUT2D eigenvalue weighted by molar-refractivity contribution is 5.89. The molecular formula is C23H19NO4. The molecule has 0 radical (unpaired) electrons. The number of aromatic hydroxyl groups is 1. The second kappa shape index (κ2) is 9.19. The monoisotopic (exact) mass is 373 g/mol. The first-order valence-corrected chi connectivity index (χ1v) is 8.59. The zero-order valence-electron chi connectivity index (χ0n) is 15.3. The van der Waals surface area contributed by atoms with Crippen LogP contribution in [0, 0.1) is 0 Å². The minimum atomic E-state index is -0.457. The molecular weight excluding hydrogens is 354 g/mol. The van der Waals surface area contributed by atoms with Crippen LogP contribution in [0.2, 0.25) is 0 Å². The third kappa shape index (κ3) is 5.57. The fraction of sp³-hybridized carbons (Fsp3) is 0.0435. The van der Waals surface area contributed by atoms with Crippen LogP contribution < -0.4 is 9.47 Å². The zero-order chi connectivity index (χ0) is 19.8. The van der Waals surface area contributed by atoms with E-state index in [-0.39, 0.29) is 5.75 Å². The molecule has 3 aromatic rings. The van der Waals surface area contributed by atoms with Crippen molar-refractivity contribution in [2.75, 3.05) is 7.11 Å². The molecule has 0 unspecified atom stereocenters. The standard InChI is InChI=1S/C23H19NO4/c1-27-21-11-2-17(3-12-21)6-15-23(26)28-22-13-4-18(5-14-22)16-24-19-7-9-20(25)10-8-19/h2-16,25H,1H3/b15-6?,24-16+. The SMILES string of the molecule is COc1ccc(C=CC(=O)Oc2ccc(/C=N/c3ccc(O)cc3)cc2)cc1. The van der Waals surface area contributed by atoms with Crippen molar-refractivity contribution in [2.45, 2.75) is 0 Å². The normalized spacial score (nSPS) is 11.0. The van der Waals surface area contributed by atoms with Crippen molar-refractivity contribution in [3.05, 3.63) is 90.0 Å². The molecule has 0 atom stereocenters. The molecule has 1 N–H and O–H groups in total. The first kappa shape index (κ1) is 18.9. The lowest BCUT2D eigenvalue weighted by Gasteiger charge is -2.02. The highest BCUT2D eigenvalue weighted by atomic mass is 16.5. The number of hydrogen-bond donors (Lipinski definition) is 1. The van der Waals surface area contributed by atoms with Crippen molar-refractivity contribution in [1.82, 2.24) is 0 Å². The van der Waals surface area contributed by atoms with Crippen LogP contribution in [-0.2, 0) is 4.79 Å². The molecule has 5 heteroatoms. The van der Waals surface area contributed by atoms with Gasteiger partial charge in [-0.3, -0.25) is 4.99 Å². The number of aliphatic imine (C=N–C) groups is 1. The smallest absolute Gasteiger partial charge is 0.336 e. The van der Waals surface area contributed by atoms with Gasteiger partial charge in [-0.2, -0.15) is 0 Å². The lowest BCUT2D eigenvalue weighted by Crippen LogP contribution is -2.03. The number of rotatable bonds is 6. The Hall–Kier alpha value is -3.86. The number of nitrogens with zero attached hydrogens (tertiary/aromatic N) is 1. The average molecular weight is 373 g/mol. The summed E-state index contributed by atoms with van der Waals surface area (Å²) in [4.78, 5) is 16.3. The van der Waals surface area contributed by atoms with Gasteiger partial charge < -0.3 is 14.6 Å². The van der Waals surface area contributed by atoms with Crippen LogP contribution >= 0.6 is 0 Å². The molecule has 140 valence electrons. The van der Waals surface area contributed by atoms with Gasteiger partial charge in [-0.05, 0) is 77.9 Å². The third-order valence-electron chi connectivity index (χ3n) is 3.84. The van der Waals surface area contributed by atoms with E-state index in [0.717, 1.165) is 22.6 Å². The average Bonchev–Trinajstić information content (AvgIpc) is 2.73. The minimum absolute atomic E-state index is 0.200. The first-order valence-electron chi connectivity index (χ1n) is 8.59. The fourth-order valence-corrected chi connectivity index (χ4v) is 2.34. The Bertz CT molecular complexity index is 973. The molecule has 0 amide bonds. The topological polar surface area (TPSA) is 68.1 Å². The molecule has 0 aliphatic heterocycles. The van der Waals surface area contributed by atoms with Crippen molar-refractivity contribution in [3.8, 4) is 17.2 Å². The molecule has 0 bridgehead atoms. The Labute approximate surface area is 163 Å². The number of carbonyl (C=O) groups is 1. The van der Waals surface area contributed by atoms with Crippen LogP contribution in [-0.4, -0.2) is 24.4 Å². The lowest BCUT2D eigenvalue weighted by atomic mass is 10.2. The number of ether oxygens (including phenoxy) is 2. The number of methoxy groups -OCH3 is 1. The molecule has 0 fully saturated rings. The van der Waals surface area contributed by atoms with E-state index in [9.17, 15) is 9.90 Å². The van der Waals surface area contributed by atoms with Gasteiger partial charge in [0.2, 0.25) is 0 Å². The van der Waals surface area contributed by atoms with Crippen LogP contribution in [0.3, 0.4) is 0 Å². The summed E-state index contributed by atoms with van der Waals surface area (Å²) in [5.41, 5.74) is 2.47. The number of hydrogen-bond acceptors (Lipinski definition) is 5. The molecule has 0 aliphatic rings. The predicted molar refractivity (Wildman–Crippen MR) is 109 cm³/mol. The Morgan fingerprint density at radius 3 is 2.11 bits per heavy atom. The van der Waals surface area contributed by atoms with Gasteiger partial charge in [-0.25, -0.2) is 4.79 Å². The largest absolute Gasteiger partial charge is 0.508 e. The van der Waals surface area contributed by atoms with Crippen molar-refractivity contribution in [3.63, 3.8) is 0 Å². The zero-order valence-corrected chi connectivity index (χ0v) is 15.3. The Morgan fingerprint density at radius 2 is 1.46 bits per heavy atom. The summed E-state index contributed by atoms with van der Waals surface area (Å²) < 4.78 is 10.4. The van der Waals surface area contributed by atoms with Gasteiger partial charge in [0.1, 0.15) is 17.2 Å². The van der Waals surface area contributed by atoms with Gasteiger partial charge in [0.15, 0.2) is 0 Å². The maximum atomic E-state index is 12.0. The Kier molecular flexibility index (Phi) is 6.21. The summed E-state index contributed by atoms with van der Waals surface area (Å²) in [6.45, 7) is 0. The summed E-state index contributed by atoms with van der Waals surface area (Å²) in [5, 5.41) is 9.27. The van der Waals surface area contributed by atoms with E-state index in [4.69, 9.17) is 9.47 Å². The molecule has 0 aromatic heterocycles. The van der Waals surface area contributed by atoms with Crippen LogP contribution in [0.4, 0.5) is 5.69 Å². The van der Waals surface area contributed by atoms with Crippen molar-refractivity contribution in [1.29, 1.82) is 0 Å². The molecule has 5 nitrogen and oxygen atoms in total. The summed E-state index contributed by atoms with van der Waals surface area (Å²) in [5.74, 6) is 0.951. The van der Waals surface area contributed by atoms with Crippen LogP contribution in [0.1, 0.15) is 11.1 Å². The summed E-state index contributed by atoms with van der Waals surface area (Å²) in [6.07, 6.45) is 4.75. The predicted octanol–water partition coefficient (Wildman–Crippen LogP) is 4.77. The lowest BCUT2D eigenvalue weighted by molar-refractivity contribution is -0.128. The first-order chi connectivity index (χ1) is 13.6. The second-order valence-corrected chi connectivity index (χ2v) is 5.87. The fourth-order valence-electron chi connectivity index (χ4n) is 2.34. The number of carbonyl (C=O) groups excluding carboxylic acids is 1. The van der Waals surface area contributed by atoms with Gasteiger partial charge in [0.25, 0.3) is 0 Å². The van der Waals surface area contributed by atoms with Crippen LogP contribution in [0.5, 0.6) is 17.2 Å². The Morgan fingerprint density at radius 1 is 0.857 bits per heavy atom. The highest BCUT2D eigenvalue weighted by Crippen LogP contribution is 2.17. The number of esters is 1. The summed E-state index contributed by atoms with van der Waals surface area (Å²) in [7, 11) is 1.60. The maximum Gasteiger partial charge on any atom is 0.336 e. The number of benzene rings is 3. The van der Waals surface area contributed by atoms with Gasteiger partial charge in [0, 0.05) is 12.3 Å². The van der Waals surface area contributed by atoms with Gasteiger partial charge in [-0.15, -0.1) is 0 Å². The van der Waals surface area contributed by atoms with E-state index in [1.807, 2.05) is 24.3 Å². The minimum Gasteiger partial charge on any atom is -0.508 e. The van der Waals surface area contributed by atoms with E-state index >= 15 is 0 Å².